The number of furan rings is 1. The Balaban J connectivity index is 1.83. The van der Waals surface area contributed by atoms with Crippen molar-refractivity contribution in [1.82, 2.24) is 0 Å². The third-order valence-electron chi connectivity index (χ3n) is 3.51. The molecular formula is C18H15N2O3+. The molecule has 0 aliphatic carbocycles. The summed E-state index contributed by atoms with van der Waals surface area (Å²) in [5.74, 6) is 0.799. The van der Waals surface area contributed by atoms with Crippen LogP contribution in [0.3, 0.4) is 0 Å². The summed E-state index contributed by atoms with van der Waals surface area (Å²) in [4.78, 5) is 10.4. The Kier molecular flexibility index (Phi) is 4.01. The minimum Gasteiger partial charge on any atom is -0.465 e. The van der Waals surface area contributed by atoms with Crippen LogP contribution in [0.2, 0.25) is 0 Å². The number of nitro benzene ring substituents is 1. The molecule has 2 heterocycles. The van der Waals surface area contributed by atoms with E-state index in [4.69, 9.17) is 4.42 Å². The number of hydrogen-bond donors (Lipinski definition) is 0. The first-order valence-electron chi connectivity index (χ1n) is 7.12. The number of pyridine rings is 1. The van der Waals surface area contributed by atoms with Gasteiger partial charge in [-0.1, -0.05) is 6.08 Å². The Labute approximate surface area is 133 Å². The molecule has 2 aromatic heterocycles. The van der Waals surface area contributed by atoms with Gasteiger partial charge in [-0.15, -0.1) is 0 Å². The average Bonchev–Trinajstić information content (AvgIpc) is 3.07. The molecule has 0 unspecified atom stereocenters. The standard InChI is InChI=1S/C18H15N2O3/c1-14-13-16(20(21)22)5-7-18(14)19-10-8-15(9-11-19)4-6-17-3-2-12-23-17/h2-13H,1H3/q+1/b6-4+. The Bertz CT molecular complexity index is 850. The van der Waals surface area contributed by atoms with E-state index in [2.05, 4.69) is 0 Å². The lowest BCUT2D eigenvalue weighted by molar-refractivity contribution is -0.596. The normalized spacial score (nSPS) is 11.0. The molecule has 0 bridgehead atoms. The van der Waals surface area contributed by atoms with E-state index in [0.29, 0.717) is 0 Å². The SMILES string of the molecule is Cc1cc([N+](=O)[O-])ccc1-[n+]1ccc(/C=C/c2ccco2)cc1. The summed E-state index contributed by atoms with van der Waals surface area (Å²) < 4.78 is 7.18. The number of nitrogens with zero attached hydrogens (tertiary/aromatic N) is 2. The molecule has 0 saturated carbocycles. The van der Waals surface area contributed by atoms with Crippen LogP contribution in [-0.2, 0) is 0 Å². The largest absolute Gasteiger partial charge is 0.465 e. The summed E-state index contributed by atoms with van der Waals surface area (Å²) in [5, 5.41) is 10.8. The summed E-state index contributed by atoms with van der Waals surface area (Å²) in [5.41, 5.74) is 2.90. The molecular weight excluding hydrogens is 292 g/mol. The van der Waals surface area contributed by atoms with Gasteiger partial charge in [0.15, 0.2) is 12.4 Å². The zero-order valence-electron chi connectivity index (χ0n) is 12.5. The quantitative estimate of drug-likeness (QED) is 0.416. The van der Waals surface area contributed by atoms with Gasteiger partial charge in [-0.25, -0.2) is 0 Å². The van der Waals surface area contributed by atoms with E-state index in [9.17, 15) is 10.1 Å². The summed E-state index contributed by atoms with van der Waals surface area (Å²) >= 11 is 0. The molecule has 1 aromatic carbocycles. The van der Waals surface area contributed by atoms with Crippen LogP contribution in [0.25, 0.3) is 17.8 Å². The van der Waals surface area contributed by atoms with Gasteiger partial charge >= 0.3 is 0 Å². The summed E-state index contributed by atoms with van der Waals surface area (Å²) in [7, 11) is 0. The van der Waals surface area contributed by atoms with Crippen LogP contribution in [-0.4, -0.2) is 4.92 Å². The first-order chi connectivity index (χ1) is 11.1. The lowest BCUT2D eigenvalue weighted by atomic mass is 10.1. The smallest absolute Gasteiger partial charge is 0.270 e. The maximum absolute atomic E-state index is 10.8. The molecule has 114 valence electrons. The third kappa shape index (κ3) is 3.35. The van der Waals surface area contributed by atoms with Gasteiger partial charge in [0.1, 0.15) is 5.76 Å². The molecule has 5 nitrogen and oxygen atoms in total. The van der Waals surface area contributed by atoms with E-state index < -0.39 is 0 Å². The van der Waals surface area contributed by atoms with Crippen LogP contribution in [0, 0.1) is 17.0 Å². The Morgan fingerprint density at radius 3 is 2.52 bits per heavy atom. The van der Waals surface area contributed by atoms with Gasteiger partial charge < -0.3 is 4.42 Å². The van der Waals surface area contributed by atoms with Gasteiger partial charge in [0.05, 0.1) is 11.2 Å². The number of aryl methyl sites for hydroxylation is 1. The number of non-ortho nitro benzene ring substituents is 1. The van der Waals surface area contributed by atoms with Crippen molar-refractivity contribution in [3.63, 3.8) is 0 Å². The van der Waals surface area contributed by atoms with Crippen LogP contribution in [0.5, 0.6) is 0 Å². The van der Waals surface area contributed by atoms with E-state index in [1.165, 1.54) is 6.07 Å². The second kappa shape index (κ2) is 6.27. The molecule has 3 aromatic rings. The second-order valence-electron chi connectivity index (χ2n) is 5.12. The van der Waals surface area contributed by atoms with Gasteiger partial charge in [-0.05, 0) is 30.7 Å². The van der Waals surface area contributed by atoms with Crippen molar-refractivity contribution in [2.24, 2.45) is 0 Å². The number of rotatable bonds is 4. The minimum absolute atomic E-state index is 0.102. The topological polar surface area (TPSA) is 60.2 Å². The van der Waals surface area contributed by atoms with Gasteiger partial charge in [-0.2, -0.15) is 4.57 Å². The summed E-state index contributed by atoms with van der Waals surface area (Å²) in [6.45, 7) is 1.86. The fourth-order valence-electron chi connectivity index (χ4n) is 2.32. The minimum atomic E-state index is -0.385. The zero-order valence-corrected chi connectivity index (χ0v) is 12.5. The van der Waals surface area contributed by atoms with Crippen molar-refractivity contribution in [2.75, 3.05) is 0 Å². The maximum Gasteiger partial charge on any atom is 0.270 e. The number of aromatic nitrogens is 1. The van der Waals surface area contributed by atoms with Crippen molar-refractivity contribution in [3.8, 4) is 5.69 Å². The van der Waals surface area contributed by atoms with Gasteiger partial charge in [0.2, 0.25) is 5.69 Å². The lowest BCUT2D eigenvalue weighted by Crippen LogP contribution is -2.30. The molecule has 0 aliphatic heterocycles. The average molecular weight is 307 g/mol. The van der Waals surface area contributed by atoms with Gasteiger partial charge in [-0.3, -0.25) is 10.1 Å². The summed E-state index contributed by atoms with van der Waals surface area (Å²) in [6, 6.07) is 12.5. The fourth-order valence-corrected chi connectivity index (χ4v) is 2.32. The molecule has 0 aliphatic rings. The van der Waals surface area contributed by atoms with Crippen LogP contribution in [0.4, 0.5) is 5.69 Å². The van der Waals surface area contributed by atoms with Crippen molar-refractivity contribution in [2.45, 2.75) is 6.92 Å². The zero-order chi connectivity index (χ0) is 16.2. The van der Waals surface area contributed by atoms with Gasteiger partial charge in [0.25, 0.3) is 5.69 Å². The lowest BCUT2D eigenvalue weighted by Gasteiger charge is -2.00. The van der Waals surface area contributed by atoms with E-state index in [0.717, 1.165) is 22.6 Å². The monoisotopic (exact) mass is 307 g/mol. The number of nitro groups is 1. The molecule has 0 N–H and O–H groups in total. The highest BCUT2D eigenvalue weighted by Crippen LogP contribution is 2.17. The molecule has 0 amide bonds. The highest BCUT2D eigenvalue weighted by atomic mass is 16.6. The van der Waals surface area contributed by atoms with Crippen molar-refractivity contribution in [3.05, 3.63) is 88.1 Å². The Morgan fingerprint density at radius 2 is 1.91 bits per heavy atom. The number of hydrogen-bond acceptors (Lipinski definition) is 3. The van der Waals surface area contributed by atoms with Crippen LogP contribution in [0.15, 0.2) is 65.5 Å². The van der Waals surface area contributed by atoms with E-state index >= 15 is 0 Å². The predicted octanol–water partition coefficient (Wildman–Crippen LogP) is 3.94. The highest BCUT2D eigenvalue weighted by Gasteiger charge is 2.14. The van der Waals surface area contributed by atoms with Crippen LogP contribution < -0.4 is 4.57 Å². The van der Waals surface area contributed by atoms with Crippen LogP contribution >= 0.6 is 0 Å². The predicted molar refractivity (Wildman–Crippen MR) is 87.0 cm³/mol. The summed E-state index contributed by atoms with van der Waals surface area (Å²) in [6.07, 6.45) is 9.35. The third-order valence-corrected chi connectivity index (χ3v) is 3.51. The first kappa shape index (κ1) is 14.7. The first-order valence-corrected chi connectivity index (χ1v) is 7.12. The Hall–Kier alpha value is -3.21. The molecule has 5 heteroatoms. The van der Waals surface area contributed by atoms with Crippen molar-refractivity contribution in [1.29, 1.82) is 0 Å². The van der Waals surface area contributed by atoms with E-state index in [1.54, 1.807) is 18.4 Å². The fraction of sp³-hybridized carbons (Fsp3) is 0.0556. The van der Waals surface area contributed by atoms with E-state index in [-0.39, 0.29) is 10.6 Å². The molecule has 0 atom stereocenters. The van der Waals surface area contributed by atoms with E-state index in [1.807, 2.05) is 60.3 Å². The maximum atomic E-state index is 10.8. The highest BCUT2D eigenvalue weighted by molar-refractivity contribution is 5.66. The molecule has 23 heavy (non-hydrogen) atoms. The Morgan fingerprint density at radius 1 is 1.13 bits per heavy atom. The second-order valence-corrected chi connectivity index (χ2v) is 5.12. The van der Waals surface area contributed by atoms with Gasteiger partial charge in [0, 0.05) is 35.9 Å². The molecule has 0 radical (unpaired) electrons. The molecule has 0 spiro atoms. The van der Waals surface area contributed by atoms with Crippen molar-refractivity contribution < 1.29 is 13.9 Å². The van der Waals surface area contributed by atoms with Crippen LogP contribution in [0.1, 0.15) is 16.9 Å². The van der Waals surface area contributed by atoms with Crippen molar-refractivity contribution >= 4 is 17.8 Å². The molecule has 0 saturated heterocycles. The number of benzene rings is 1. The molecule has 3 rings (SSSR count). The molecule has 0 fully saturated rings.